The summed E-state index contributed by atoms with van der Waals surface area (Å²) in [4.78, 5) is 12.1. The Balaban J connectivity index is 1.63. The van der Waals surface area contributed by atoms with E-state index in [1.54, 1.807) is 13.0 Å². The van der Waals surface area contributed by atoms with E-state index in [4.69, 9.17) is 13.9 Å². The zero-order valence-electron chi connectivity index (χ0n) is 19.1. The van der Waals surface area contributed by atoms with Gasteiger partial charge in [-0.15, -0.1) is 0 Å². The maximum Gasteiger partial charge on any atom is 0.416 e. The van der Waals surface area contributed by atoms with Crippen LogP contribution in [-0.4, -0.2) is 12.6 Å². The van der Waals surface area contributed by atoms with E-state index in [9.17, 15) is 18.0 Å². The lowest BCUT2D eigenvalue weighted by atomic mass is 9.86. The number of ether oxygens (including phenoxy) is 2. The number of hydrogen-bond acceptors (Lipinski definition) is 4. The van der Waals surface area contributed by atoms with Crippen LogP contribution < -0.4 is 4.74 Å². The van der Waals surface area contributed by atoms with Crippen molar-refractivity contribution in [3.05, 3.63) is 77.0 Å². The highest BCUT2D eigenvalue weighted by Crippen LogP contribution is 2.32. The fourth-order valence-electron chi connectivity index (χ4n) is 3.39. The standard InChI is InChI=1S/C26H27F3O4/c1-5-31-24(30)25(3,4)15-18-6-12-21(13-7-18)32-16-23-17(2)14-22(33-23)19-8-10-20(11-9-19)26(27,28)29/h6-14H,5,15-16H2,1-4H3. The van der Waals surface area contributed by atoms with Crippen molar-refractivity contribution in [2.75, 3.05) is 6.61 Å². The molecule has 3 aromatic rings. The van der Waals surface area contributed by atoms with E-state index >= 15 is 0 Å². The lowest BCUT2D eigenvalue weighted by molar-refractivity contribution is -0.153. The average Bonchev–Trinajstić information content (AvgIpc) is 3.13. The minimum Gasteiger partial charge on any atom is -0.486 e. The van der Waals surface area contributed by atoms with Crippen LogP contribution in [0.4, 0.5) is 13.2 Å². The van der Waals surface area contributed by atoms with Crippen molar-refractivity contribution < 1.29 is 31.9 Å². The van der Waals surface area contributed by atoms with Gasteiger partial charge in [0.1, 0.15) is 23.9 Å². The number of rotatable bonds is 8. The molecule has 0 spiro atoms. The number of benzene rings is 2. The van der Waals surface area contributed by atoms with E-state index in [0.717, 1.165) is 23.3 Å². The van der Waals surface area contributed by atoms with Gasteiger partial charge in [0.25, 0.3) is 0 Å². The van der Waals surface area contributed by atoms with Gasteiger partial charge in [0, 0.05) is 5.56 Å². The lowest BCUT2D eigenvalue weighted by Gasteiger charge is -2.22. The molecule has 4 nitrogen and oxygen atoms in total. The summed E-state index contributed by atoms with van der Waals surface area (Å²) in [6, 6.07) is 14.1. The van der Waals surface area contributed by atoms with Gasteiger partial charge in [-0.05, 0) is 75.6 Å². The van der Waals surface area contributed by atoms with Crippen molar-refractivity contribution in [2.24, 2.45) is 5.41 Å². The summed E-state index contributed by atoms with van der Waals surface area (Å²) in [6.07, 6.45) is -3.83. The van der Waals surface area contributed by atoms with Crippen LogP contribution in [0, 0.1) is 12.3 Å². The van der Waals surface area contributed by atoms with Gasteiger partial charge in [0.2, 0.25) is 0 Å². The maximum absolute atomic E-state index is 12.8. The molecule has 2 aromatic carbocycles. The van der Waals surface area contributed by atoms with Gasteiger partial charge in [-0.2, -0.15) is 13.2 Å². The Morgan fingerprint density at radius 3 is 2.21 bits per heavy atom. The van der Waals surface area contributed by atoms with Gasteiger partial charge in [-0.25, -0.2) is 0 Å². The summed E-state index contributed by atoms with van der Waals surface area (Å²) in [6.45, 7) is 7.87. The van der Waals surface area contributed by atoms with Crippen molar-refractivity contribution in [1.82, 2.24) is 0 Å². The number of carbonyl (C=O) groups excluding carboxylic acids is 1. The van der Waals surface area contributed by atoms with Gasteiger partial charge < -0.3 is 13.9 Å². The van der Waals surface area contributed by atoms with Gasteiger partial charge in [-0.3, -0.25) is 4.79 Å². The van der Waals surface area contributed by atoms with Crippen molar-refractivity contribution in [3.63, 3.8) is 0 Å². The minimum atomic E-state index is -4.37. The predicted molar refractivity (Wildman–Crippen MR) is 119 cm³/mol. The molecule has 0 N–H and O–H groups in total. The quantitative estimate of drug-likeness (QED) is 0.340. The fraction of sp³-hybridized carbons (Fsp3) is 0.346. The van der Waals surface area contributed by atoms with Gasteiger partial charge in [0.05, 0.1) is 17.6 Å². The Morgan fingerprint density at radius 1 is 1.00 bits per heavy atom. The summed E-state index contributed by atoms with van der Waals surface area (Å²) in [5.74, 6) is 1.48. The second-order valence-electron chi connectivity index (χ2n) is 8.51. The van der Waals surface area contributed by atoms with Crippen LogP contribution >= 0.6 is 0 Å². The van der Waals surface area contributed by atoms with E-state index in [1.807, 2.05) is 45.0 Å². The molecule has 33 heavy (non-hydrogen) atoms. The average molecular weight is 460 g/mol. The van der Waals surface area contributed by atoms with Crippen LogP contribution in [0.25, 0.3) is 11.3 Å². The molecule has 0 radical (unpaired) electrons. The van der Waals surface area contributed by atoms with E-state index in [0.29, 0.717) is 35.9 Å². The highest BCUT2D eigenvalue weighted by molar-refractivity contribution is 5.76. The number of halogens is 3. The first-order chi connectivity index (χ1) is 15.5. The monoisotopic (exact) mass is 460 g/mol. The number of aryl methyl sites for hydroxylation is 1. The summed E-state index contributed by atoms with van der Waals surface area (Å²) >= 11 is 0. The Labute approximate surface area is 191 Å². The second kappa shape index (κ2) is 9.73. The third kappa shape index (κ3) is 6.18. The molecule has 1 heterocycles. The molecule has 0 bridgehead atoms. The first kappa shape index (κ1) is 24.4. The third-order valence-corrected chi connectivity index (χ3v) is 5.28. The van der Waals surface area contributed by atoms with Gasteiger partial charge in [-0.1, -0.05) is 24.3 Å². The number of carbonyl (C=O) groups is 1. The Hall–Kier alpha value is -3.22. The molecule has 0 unspecified atom stereocenters. The van der Waals surface area contributed by atoms with E-state index in [-0.39, 0.29) is 12.6 Å². The smallest absolute Gasteiger partial charge is 0.416 e. The second-order valence-corrected chi connectivity index (χ2v) is 8.51. The zero-order valence-corrected chi connectivity index (χ0v) is 19.1. The van der Waals surface area contributed by atoms with Crippen molar-refractivity contribution in [1.29, 1.82) is 0 Å². The number of hydrogen-bond donors (Lipinski definition) is 0. The highest BCUT2D eigenvalue weighted by atomic mass is 19.4. The van der Waals surface area contributed by atoms with Crippen molar-refractivity contribution >= 4 is 5.97 Å². The largest absolute Gasteiger partial charge is 0.486 e. The molecule has 0 amide bonds. The van der Waals surface area contributed by atoms with Crippen molar-refractivity contribution in [3.8, 4) is 17.1 Å². The van der Waals surface area contributed by atoms with Crippen LogP contribution in [0.5, 0.6) is 5.75 Å². The Morgan fingerprint density at radius 2 is 1.64 bits per heavy atom. The third-order valence-electron chi connectivity index (χ3n) is 5.28. The summed E-state index contributed by atoms with van der Waals surface area (Å²) in [5.41, 5.74) is 1.06. The molecule has 3 rings (SSSR count). The van der Waals surface area contributed by atoms with Gasteiger partial charge >= 0.3 is 12.1 Å². The Kier molecular flexibility index (Phi) is 7.20. The zero-order chi connectivity index (χ0) is 24.2. The first-order valence-electron chi connectivity index (χ1n) is 10.7. The molecule has 7 heteroatoms. The molecule has 0 aliphatic rings. The molecular formula is C26H27F3O4. The topological polar surface area (TPSA) is 48.7 Å². The molecule has 0 saturated heterocycles. The number of furan rings is 1. The summed E-state index contributed by atoms with van der Waals surface area (Å²) < 4.78 is 55.1. The van der Waals surface area contributed by atoms with E-state index in [1.165, 1.54) is 12.1 Å². The van der Waals surface area contributed by atoms with Crippen LogP contribution in [0.1, 0.15) is 43.2 Å². The van der Waals surface area contributed by atoms with Crippen molar-refractivity contribution in [2.45, 2.75) is 46.9 Å². The molecule has 0 aliphatic heterocycles. The van der Waals surface area contributed by atoms with Crippen LogP contribution in [0.15, 0.2) is 59.0 Å². The normalized spacial score (nSPS) is 12.0. The van der Waals surface area contributed by atoms with E-state index in [2.05, 4.69) is 0 Å². The number of alkyl halides is 3. The molecule has 1 aromatic heterocycles. The van der Waals surface area contributed by atoms with Crippen LogP contribution in [0.2, 0.25) is 0 Å². The fourth-order valence-corrected chi connectivity index (χ4v) is 3.39. The summed E-state index contributed by atoms with van der Waals surface area (Å²) in [5, 5.41) is 0. The van der Waals surface area contributed by atoms with Gasteiger partial charge in [0.15, 0.2) is 0 Å². The first-order valence-corrected chi connectivity index (χ1v) is 10.7. The molecule has 0 atom stereocenters. The van der Waals surface area contributed by atoms with Crippen LogP contribution in [-0.2, 0) is 28.7 Å². The summed E-state index contributed by atoms with van der Waals surface area (Å²) in [7, 11) is 0. The highest BCUT2D eigenvalue weighted by Gasteiger charge is 2.30. The maximum atomic E-state index is 12.8. The lowest BCUT2D eigenvalue weighted by Crippen LogP contribution is -2.28. The molecule has 0 fully saturated rings. The molecule has 0 aliphatic carbocycles. The molecule has 0 saturated carbocycles. The van der Waals surface area contributed by atoms with Crippen LogP contribution in [0.3, 0.4) is 0 Å². The van der Waals surface area contributed by atoms with E-state index < -0.39 is 17.2 Å². The predicted octanol–water partition coefficient (Wildman–Crippen LogP) is 6.98. The Bertz CT molecular complexity index is 1080. The molecular weight excluding hydrogens is 433 g/mol. The number of esters is 1. The minimum absolute atomic E-state index is 0.181. The molecule has 176 valence electrons. The SMILES string of the molecule is CCOC(=O)C(C)(C)Cc1ccc(OCc2oc(-c3ccc(C(F)(F)F)cc3)cc2C)cc1.